The quantitative estimate of drug-likeness (QED) is 0.200. The van der Waals surface area contributed by atoms with Crippen molar-refractivity contribution >= 4 is 58.8 Å². The molecule has 0 atom stereocenters. The van der Waals surface area contributed by atoms with Gasteiger partial charge in [0, 0.05) is 31.1 Å². The van der Waals surface area contributed by atoms with E-state index in [2.05, 4.69) is 30.5 Å². The third kappa shape index (κ3) is 5.16. The molecule has 1 heterocycles. The predicted octanol–water partition coefficient (Wildman–Crippen LogP) is 8.68. The molecular formula is C24H17Cl3N2S2. The van der Waals surface area contributed by atoms with E-state index in [-0.39, 0.29) is 0 Å². The van der Waals surface area contributed by atoms with Crippen LogP contribution in [0.25, 0.3) is 22.4 Å². The number of rotatable bonds is 5. The minimum absolute atomic E-state index is 0.450. The Balaban J connectivity index is 1.86. The Bertz CT molecular complexity index is 1280. The second-order valence-electron chi connectivity index (χ2n) is 6.87. The van der Waals surface area contributed by atoms with Crippen molar-refractivity contribution < 1.29 is 0 Å². The lowest BCUT2D eigenvalue weighted by molar-refractivity contribution is 0.659. The van der Waals surface area contributed by atoms with Crippen LogP contribution in [0, 0.1) is 4.64 Å². The molecule has 0 fully saturated rings. The smallest absolute Gasteiger partial charge is 0.123 e. The molecule has 156 valence electrons. The Morgan fingerprint density at radius 1 is 0.839 bits per heavy atom. The Hall–Kier alpha value is -1.82. The summed E-state index contributed by atoms with van der Waals surface area (Å²) in [6.45, 7) is 0.450. The third-order valence-electron chi connectivity index (χ3n) is 4.85. The summed E-state index contributed by atoms with van der Waals surface area (Å²) < 4.78 is 2.40. The first-order valence-corrected chi connectivity index (χ1v) is 12.2. The second-order valence-corrected chi connectivity index (χ2v) is 9.45. The summed E-state index contributed by atoms with van der Waals surface area (Å²) in [4.78, 5) is 1.19. The highest BCUT2D eigenvalue weighted by Gasteiger charge is 2.13. The molecule has 0 aliphatic heterocycles. The number of nitrogens with zero attached hydrogens (tertiary/aromatic N) is 2. The molecule has 4 aromatic rings. The van der Waals surface area contributed by atoms with Crippen LogP contribution >= 0.6 is 58.8 Å². The molecule has 3 aromatic carbocycles. The molecule has 0 saturated carbocycles. The molecule has 2 nitrogen and oxygen atoms in total. The summed E-state index contributed by atoms with van der Waals surface area (Å²) in [6.07, 6.45) is 2.06. The topological polar surface area (TPSA) is 17.8 Å². The van der Waals surface area contributed by atoms with Crippen LogP contribution in [0.4, 0.5) is 0 Å². The van der Waals surface area contributed by atoms with Gasteiger partial charge in [0.05, 0.1) is 12.2 Å². The lowest BCUT2D eigenvalue weighted by atomic mass is 10.0. The van der Waals surface area contributed by atoms with Gasteiger partial charge in [-0.15, -0.1) is 11.8 Å². The summed E-state index contributed by atoms with van der Waals surface area (Å²) in [5.74, 6) is 0. The van der Waals surface area contributed by atoms with E-state index >= 15 is 0 Å². The maximum atomic E-state index is 6.39. The van der Waals surface area contributed by atoms with Gasteiger partial charge in [-0.05, 0) is 59.8 Å². The van der Waals surface area contributed by atoms with E-state index < -0.39 is 0 Å². The molecule has 0 N–H and O–H groups in total. The largest absolute Gasteiger partial charge is 0.250 e. The molecule has 0 amide bonds. The van der Waals surface area contributed by atoms with Crippen LogP contribution in [-0.2, 0) is 6.54 Å². The van der Waals surface area contributed by atoms with Crippen molar-refractivity contribution in [3.05, 3.63) is 98.1 Å². The number of benzene rings is 3. The first-order valence-electron chi connectivity index (χ1n) is 9.41. The van der Waals surface area contributed by atoms with Gasteiger partial charge in [-0.1, -0.05) is 77.4 Å². The molecular weight excluding hydrogens is 487 g/mol. The average molecular weight is 504 g/mol. The third-order valence-corrected chi connectivity index (χ3v) is 6.76. The summed E-state index contributed by atoms with van der Waals surface area (Å²) in [7, 11) is 0. The van der Waals surface area contributed by atoms with Crippen LogP contribution in [0.2, 0.25) is 15.1 Å². The molecule has 0 bridgehead atoms. The monoisotopic (exact) mass is 502 g/mol. The SMILES string of the molecule is CSc1ccc(-c2nn(Cc3ccc(Cl)cc3Cl)c(=S)cc2-c2ccc(Cl)cc2)cc1. The van der Waals surface area contributed by atoms with Crippen LogP contribution in [0.5, 0.6) is 0 Å². The standard InChI is InChI=1S/C24H17Cl3N2S2/c1-31-20-10-5-16(6-11-20)24-21(15-2-7-18(25)8-3-15)13-23(30)29(28-24)14-17-4-9-19(26)12-22(17)27/h2-13H,14H2,1H3. The fourth-order valence-electron chi connectivity index (χ4n) is 3.23. The maximum Gasteiger partial charge on any atom is 0.123 e. The van der Waals surface area contributed by atoms with Crippen LogP contribution in [0.3, 0.4) is 0 Å². The average Bonchev–Trinajstić information content (AvgIpc) is 2.77. The van der Waals surface area contributed by atoms with Crippen LogP contribution < -0.4 is 0 Å². The summed E-state index contributed by atoms with van der Waals surface area (Å²) in [5.41, 5.74) is 4.71. The molecule has 0 spiro atoms. The number of hydrogen-bond donors (Lipinski definition) is 0. The van der Waals surface area contributed by atoms with Crippen molar-refractivity contribution in [2.45, 2.75) is 11.4 Å². The fraction of sp³-hybridized carbons (Fsp3) is 0.0833. The highest BCUT2D eigenvalue weighted by Crippen LogP contribution is 2.32. The van der Waals surface area contributed by atoms with E-state index in [4.69, 9.17) is 52.1 Å². The second kappa shape index (κ2) is 9.76. The van der Waals surface area contributed by atoms with E-state index in [1.807, 2.05) is 42.5 Å². The summed E-state index contributed by atoms with van der Waals surface area (Å²) >= 11 is 25.9. The molecule has 0 saturated heterocycles. The van der Waals surface area contributed by atoms with E-state index in [9.17, 15) is 0 Å². The maximum absolute atomic E-state index is 6.39. The van der Waals surface area contributed by atoms with Crippen molar-refractivity contribution in [3.63, 3.8) is 0 Å². The van der Waals surface area contributed by atoms with E-state index in [1.165, 1.54) is 4.90 Å². The van der Waals surface area contributed by atoms with Gasteiger partial charge in [0.25, 0.3) is 0 Å². The van der Waals surface area contributed by atoms with E-state index in [0.29, 0.717) is 26.3 Å². The van der Waals surface area contributed by atoms with Gasteiger partial charge in [-0.3, -0.25) is 0 Å². The van der Waals surface area contributed by atoms with Crippen molar-refractivity contribution in [1.29, 1.82) is 0 Å². The highest BCUT2D eigenvalue weighted by atomic mass is 35.5. The molecule has 31 heavy (non-hydrogen) atoms. The summed E-state index contributed by atoms with van der Waals surface area (Å²) in [6, 6.07) is 23.5. The fourth-order valence-corrected chi connectivity index (χ4v) is 4.45. The van der Waals surface area contributed by atoms with Crippen LogP contribution in [-0.4, -0.2) is 16.0 Å². The van der Waals surface area contributed by atoms with E-state index in [0.717, 1.165) is 27.9 Å². The van der Waals surface area contributed by atoms with Crippen LogP contribution in [0.15, 0.2) is 77.7 Å². The Labute approximate surface area is 205 Å². The van der Waals surface area contributed by atoms with Gasteiger partial charge in [0.15, 0.2) is 0 Å². The van der Waals surface area contributed by atoms with Crippen molar-refractivity contribution in [2.75, 3.05) is 6.26 Å². The molecule has 0 unspecified atom stereocenters. The van der Waals surface area contributed by atoms with Gasteiger partial charge in [0.2, 0.25) is 0 Å². The Kier molecular flexibility index (Phi) is 7.05. The number of halogens is 3. The zero-order valence-corrected chi connectivity index (χ0v) is 20.4. The van der Waals surface area contributed by atoms with Gasteiger partial charge in [0.1, 0.15) is 4.64 Å². The van der Waals surface area contributed by atoms with Gasteiger partial charge >= 0.3 is 0 Å². The lowest BCUT2D eigenvalue weighted by Gasteiger charge is -2.15. The normalized spacial score (nSPS) is 11.0. The van der Waals surface area contributed by atoms with Gasteiger partial charge in [-0.25, -0.2) is 4.68 Å². The highest BCUT2D eigenvalue weighted by molar-refractivity contribution is 7.98. The molecule has 4 rings (SSSR count). The molecule has 0 aliphatic rings. The van der Waals surface area contributed by atoms with Crippen molar-refractivity contribution in [3.8, 4) is 22.4 Å². The van der Waals surface area contributed by atoms with Crippen molar-refractivity contribution in [2.24, 2.45) is 0 Å². The molecule has 7 heteroatoms. The zero-order valence-electron chi connectivity index (χ0n) is 16.5. The lowest BCUT2D eigenvalue weighted by Crippen LogP contribution is -2.09. The molecule has 0 radical (unpaired) electrons. The Morgan fingerprint density at radius 3 is 2.13 bits per heavy atom. The van der Waals surface area contributed by atoms with Gasteiger partial charge < -0.3 is 0 Å². The first kappa shape index (κ1) is 22.4. The Morgan fingerprint density at radius 2 is 1.48 bits per heavy atom. The predicted molar refractivity (Wildman–Crippen MR) is 136 cm³/mol. The van der Waals surface area contributed by atoms with Crippen molar-refractivity contribution in [1.82, 2.24) is 9.78 Å². The molecule has 1 aromatic heterocycles. The summed E-state index contributed by atoms with van der Waals surface area (Å²) in [5, 5.41) is 6.80. The zero-order chi connectivity index (χ0) is 22.0. The minimum Gasteiger partial charge on any atom is -0.250 e. The molecule has 0 aliphatic carbocycles. The van der Waals surface area contributed by atoms with Crippen LogP contribution in [0.1, 0.15) is 5.56 Å². The number of hydrogen-bond acceptors (Lipinski definition) is 3. The van der Waals surface area contributed by atoms with Gasteiger partial charge in [-0.2, -0.15) is 5.10 Å². The van der Waals surface area contributed by atoms with E-state index in [1.54, 1.807) is 22.5 Å². The number of thioether (sulfide) groups is 1. The first-order chi connectivity index (χ1) is 14.9. The number of aromatic nitrogens is 2. The minimum atomic E-state index is 0.450.